The fraction of sp³-hybridized carbons (Fsp3) is 0.444. The predicted molar refractivity (Wildman–Crippen MR) is 184 cm³/mol. The highest BCUT2D eigenvalue weighted by Crippen LogP contribution is 2.25. The normalized spacial score (nSPS) is 14.4. The highest BCUT2D eigenvalue weighted by Gasteiger charge is 2.33. The summed E-state index contributed by atoms with van der Waals surface area (Å²) in [6, 6.07) is 12.4. The van der Waals surface area contributed by atoms with E-state index >= 15 is 0 Å². The number of halogens is 1. The second-order valence-electron chi connectivity index (χ2n) is 12.6. The maximum absolute atomic E-state index is 13.5. The van der Waals surface area contributed by atoms with E-state index < -0.39 is 41.4 Å². The van der Waals surface area contributed by atoms with Gasteiger partial charge in [0.2, 0.25) is 11.8 Å². The van der Waals surface area contributed by atoms with Crippen LogP contribution in [0.3, 0.4) is 0 Å². The molecule has 0 bridgehead atoms. The number of hydrogen-bond acceptors (Lipinski definition) is 7. The van der Waals surface area contributed by atoms with E-state index in [4.69, 9.17) is 26.8 Å². The Morgan fingerprint density at radius 3 is 2.28 bits per heavy atom. The molecule has 0 spiro atoms. The van der Waals surface area contributed by atoms with Gasteiger partial charge in [-0.3, -0.25) is 9.59 Å². The molecule has 47 heavy (non-hydrogen) atoms. The first-order valence-electron chi connectivity index (χ1n) is 15.6. The summed E-state index contributed by atoms with van der Waals surface area (Å²) < 4.78 is 11.1. The molecule has 11 heteroatoms. The van der Waals surface area contributed by atoms with Crippen LogP contribution in [0.4, 0.5) is 0 Å². The number of carbonyl (C=O) groups excluding carboxylic acids is 3. The van der Waals surface area contributed by atoms with Crippen molar-refractivity contribution in [3.8, 4) is 5.75 Å². The molecule has 10 nitrogen and oxygen atoms in total. The molecule has 0 heterocycles. The zero-order valence-electron chi connectivity index (χ0n) is 28.0. The quantitative estimate of drug-likeness (QED) is 0.125. The van der Waals surface area contributed by atoms with Crippen LogP contribution in [0.1, 0.15) is 58.6 Å². The van der Waals surface area contributed by atoms with Crippen molar-refractivity contribution >= 4 is 41.4 Å². The van der Waals surface area contributed by atoms with E-state index in [1.807, 2.05) is 63.3 Å². The monoisotopic (exact) mass is 669 g/mol. The molecule has 0 radical (unpaired) electrons. The molecule has 5 N–H and O–H groups in total. The Hall–Kier alpha value is -4.15. The van der Waals surface area contributed by atoms with Gasteiger partial charge in [-0.2, -0.15) is 0 Å². The maximum atomic E-state index is 13.5. The number of methoxy groups -OCH3 is 1. The summed E-state index contributed by atoms with van der Waals surface area (Å²) in [7, 11) is 1.48. The Bertz CT molecular complexity index is 1410. The van der Waals surface area contributed by atoms with Gasteiger partial charge < -0.3 is 30.9 Å². The predicted octanol–water partition coefficient (Wildman–Crippen LogP) is 5.18. The number of rotatable bonds is 18. The number of aliphatic carboxylic acids is 1. The number of hydrogen-bond donors (Lipinski definition) is 4. The molecule has 256 valence electrons. The van der Waals surface area contributed by atoms with Crippen molar-refractivity contribution in [2.45, 2.75) is 72.1 Å². The summed E-state index contributed by atoms with van der Waals surface area (Å²) in [5.74, 6) is -2.51. The number of benzene rings is 2. The van der Waals surface area contributed by atoms with Crippen LogP contribution in [0.25, 0.3) is 6.08 Å². The number of esters is 1. The lowest BCUT2D eigenvalue weighted by molar-refractivity contribution is -0.155. The van der Waals surface area contributed by atoms with Gasteiger partial charge in [-0.15, -0.1) is 0 Å². The van der Waals surface area contributed by atoms with E-state index in [1.54, 1.807) is 32.0 Å². The molecule has 0 aliphatic heterocycles. The van der Waals surface area contributed by atoms with Gasteiger partial charge >= 0.3 is 11.9 Å². The summed E-state index contributed by atoms with van der Waals surface area (Å²) in [5.41, 5.74) is 6.48. The molecule has 0 unspecified atom stereocenters. The number of amides is 2. The molecule has 2 rings (SSSR count). The van der Waals surface area contributed by atoms with Gasteiger partial charge in [0.25, 0.3) is 0 Å². The lowest BCUT2D eigenvalue weighted by atomic mass is 9.91. The van der Waals surface area contributed by atoms with Gasteiger partial charge in [-0.05, 0) is 55.5 Å². The Morgan fingerprint density at radius 2 is 1.70 bits per heavy atom. The summed E-state index contributed by atoms with van der Waals surface area (Å²) in [5, 5.41) is 15.4. The number of nitrogens with one attached hydrogen (secondary N) is 2. The molecular formula is C36H48ClN3O7. The van der Waals surface area contributed by atoms with Gasteiger partial charge in [0, 0.05) is 25.3 Å². The third-order valence-corrected chi connectivity index (χ3v) is 7.87. The van der Waals surface area contributed by atoms with E-state index in [1.165, 1.54) is 19.3 Å². The third-order valence-electron chi connectivity index (χ3n) is 7.58. The van der Waals surface area contributed by atoms with Crippen molar-refractivity contribution < 1.29 is 33.8 Å². The summed E-state index contributed by atoms with van der Waals surface area (Å²) in [6.45, 7) is 9.29. The van der Waals surface area contributed by atoms with Crippen molar-refractivity contribution in [1.29, 1.82) is 0 Å². The SMILES string of the molecule is COc1ccc(C[C@@H](NC(=O)/C=C/C[C@H](OC(=O)[C@H](CC(C)C)NC(=O)C(C)(C)CN)[C@H](C)/C=C/c2ccccc2)C(=O)O)cc1Cl. The summed E-state index contributed by atoms with van der Waals surface area (Å²) in [4.78, 5) is 51.1. The van der Waals surface area contributed by atoms with Gasteiger partial charge in [0.1, 0.15) is 23.9 Å². The average molecular weight is 670 g/mol. The van der Waals surface area contributed by atoms with Crippen molar-refractivity contribution in [1.82, 2.24) is 10.6 Å². The van der Waals surface area contributed by atoms with E-state index in [0.29, 0.717) is 22.8 Å². The first-order valence-corrected chi connectivity index (χ1v) is 16.0. The average Bonchev–Trinajstić information content (AvgIpc) is 3.02. The minimum atomic E-state index is -1.21. The Balaban J connectivity index is 2.22. The topological polar surface area (TPSA) is 157 Å². The minimum absolute atomic E-state index is 0.00407. The van der Waals surface area contributed by atoms with Crippen molar-refractivity contribution in [3.63, 3.8) is 0 Å². The summed E-state index contributed by atoms with van der Waals surface area (Å²) in [6.07, 6.45) is 6.42. The van der Waals surface area contributed by atoms with E-state index in [2.05, 4.69) is 10.6 Å². The smallest absolute Gasteiger partial charge is 0.328 e. The molecule has 0 aliphatic rings. The second kappa shape index (κ2) is 18.9. The fourth-order valence-electron chi connectivity index (χ4n) is 4.49. The van der Waals surface area contributed by atoms with Gasteiger partial charge in [0.05, 0.1) is 17.5 Å². The zero-order valence-corrected chi connectivity index (χ0v) is 28.8. The van der Waals surface area contributed by atoms with Gasteiger partial charge in [-0.1, -0.05) is 87.0 Å². The van der Waals surface area contributed by atoms with E-state index in [-0.39, 0.29) is 37.1 Å². The van der Waals surface area contributed by atoms with Crippen LogP contribution < -0.4 is 21.1 Å². The molecule has 0 saturated heterocycles. The van der Waals surface area contributed by atoms with Crippen molar-refractivity contribution in [2.24, 2.45) is 23.0 Å². The molecule has 4 atom stereocenters. The highest BCUT2D eigenvalue weighted by molar-refractivity contribution is 6.32. The molecule has 2 amide bonds. The second-order valence-corrected chi connectivity index (χ2v) is 13.0. The van der Waals surface area contributed by atoms with Crippen LogP contribution in [0.5, 0.6) is 5.75 Å². The number of carbonyl (C=O) groups is 4. The maximum Gasteiger partial charge on any atom is 0.328 e. The lowest BCUT2D eigenvalue weighted by Crippen LogP contribution is -2.50. The van der Waals surface area contributed by atoms with E-state index in [9.17, 15) is 24.3 Å². The Labute approximate surface area is 282 Å². The lowest BCUT2D eigenvalue weighted by Gasteiger charge is -2.28. The van der Waals surface area contributed by atoms with Crippen LogP contribution in [0.15, 0.2) is 66.8 Å². The van der Waals surface area contributed by atoms with Crippen LogP contribution in [-0.2, 0) is 30.3 Å². The Kier molecular flexibility index (Phi) is 15.7. The van der Waals surface area contributed by atoms with E-state index in [0.717, 1.165) is 5.56 Å². The summed E-state index contributed by atoms with van der Waals surface area (Å²) >= 11 is 6.17. The van der Waals surface area contributed by atoms with Crippen LogP contribution in [-0.4, -0.2) is 60.7 Å². The largest absolute Gasteiger partial charge is 0.495 e. The molecule has 0 fully saturated rings. The number of ether oxygens (including phenoxy) is 2. The Morgan fingerprint density at radius 1 is 1.02 bits per heavy atom. The molecule has 0 aliphatic carbocycles. The first-order chi connectivity index (χ1) is 22.2. The standard InChI is InChI=1S/C36H48ClN3O7/c1-23(2)19-29(40-35(45)36(4,5)22-38)34(44)47-30(24(3)15-16-25-11-8-7-9-12-25)13-10-14-32(41)39-28(33(42)43)21-26-17-18-31(46-6)27(37)20-26/h7-12,14-18,20,23-24,28-30H,13,19,21-22,38H2,1-6H3,(H,39,41)(H,40,45)(H,42,43)/b14-10+,16-15+/t24-,28-,29+,30+/m1/s1. The van der Waals surface area contributed by atoms with Crippen molar-refractivity contribution in [2.75, 3.05) is 13.7 Å². The van der Waals surface area contributed by atoms with Crippen LogP contribution >= 0.6 is 11.6 Å². The van der Waals surface area contributed by atoms with Crippen LogP contribution in [0.2, 0.25) is 5.02 Å². The first kappa shape index (κ1) is 39.0. The van der Waals surface area contributed by atoms with Gasteiger partial charge in [0.15, 0.2) is 0 Å². The van der Waals surface area contributed by atoms with Crippen LogP contribution in [0, 0.1) is 17.3 Å². The molecule has 0 aromatic heterocycles. The molecule has 2 aromatic carbocycles. The minimum Gasteiger partial charge on any atom is -0.495 e. The third kappa shape index (κ3) is 13.2. The number of nitrogens with two attached hydrogens (primary N) is 1. The fourth-order valence-corrected chi connectivity index (χ4v) is 4.77. The van der Waals surface area contributed by atoms with Crippen molar-refractivity contribution in [3.05, 3.63) is 82.9 Å². The molecular weight excluding hydrogens is 622 g/mol. The number of carboxylic acids is 1. The zero-order chi connectivity index (χ0) is 35.1. The molecule has 0 saturated carbocycles. The van der Waals surface area contributed by atoms with Gasteiger partial charge in [-0.25, -0.2) is 9.59 Å². The molecule has 2 aromatic rings. The highest BCUT2D eigenvalue weighted by atomic mass is 35.5. The number of carboxylic acid groups (broad SMARTS) is 1.